The zero-order valence-corrected chi connectivity index (χ0v) is 13.6. The maximum atomic E-state index is 14.4. The molecule has 1 aliphatic heterocycles. The number of nitro groups is 1. The Morgan fingerprint density at radius 3 is 2.62 bits per heavy atom. The summed E-state index contributed by atoms with van der Waals surface area (Å²) in [7, 11) is 0. The van der Waals surface area contributed by atoms with E-state index in [9.17, 15) is 14.5 Å². The molecule has 1 aliphatic rings. The van der Waals surface area contributed by atoms with Crippen molar-refractivity contribution in [3.8, 4) is 0 Å². The molecule has 24 heavy (non-hydrogen) atoms. The minimum Gasteiger partial charge on any atom is -0.378 e. The standard InChI is InChI=1S/C17H14FN3O2S/c1-17(13-9-12(21(22)23)7-8-14(13)18)10-15(24-16(19)20-17)11-5-3-2-4-6-11/h2-10H,1H3,(H2,19,20). The molecule has 122 valence electrons. The molecule has 2 aromatic rings. The van der Waals surface area contributed by atoms with Crippen LogP contribution in [0.4, 0.5) is 10.1 Å². The number of hydrogen-bond donors (Lipinski definition) is 1. The molecule has 2 aromatic carbocycles. The van der Waals surface area contributed by atoms with Gasteiger partial charge in [0.05, 0.1) is 4.92 Å². The quantitative estimate of drug-likeness (QED) is 0.673. The molecular weight excluding hydrogens is 329 g/mol. The van der Waals surface area contributed by atoms with Crippen LogP contribution in [0.15, 0.2) is 59.6 Å². The van der Waals surface area contributed by atoms with Crippen molar-refractivity contribution >= 4 is 27.5 Å². The Balaban J connectivity index is 2.14. The largest absolute Gasteiger partial charge is 0.378 e. The van der Waals surface area contributed by atoms with Crippen LogP contribution in [-0.2, 0) is 5.54 Å². The smallest absolute Gasteiger partial charge is 0.270 e. The van der Waals surface area contributed by atoms with E-state index in [1.807, 2.05) is 30.3 Å². The summed E-state index contributed by atoms with van der Waals surface area (Å²) >= 11 is 1.29. The van der Waals surface area contributed by atoms with Gasteiger partial charge in [-0.05, 0) is 24.6 Å². The van der Waals surface area contributed by atoms with Gasteiger partial charge in [0, 0.05) is 22.6 Å². The van der Waals surface area contributed by atoms with E-state index in [-0.39, 0.29) is 16.4 Å². The fraction of sp³-hybridized carbons (Fsp3) is 0.118. The molecule has 7 heteroatoms. The maximum Gasteiger partial charge on any atom is 0.270 e. The second kappa shape index (κ2) is 6.09. The zero-order chi connectivity index (χ0) is 17.3. The molecule has 5 nitrogen and oxygen atoms in total. The second-order valence-corrected chi connectivity index (χ2v) is 6.56. The first-order valence-electron chi connectivity index (χ1n) is 7.15. The summed E-state index contributed by atoms with van der Waals surface area (Å²) in [5, 5.41) is 11.3. The van der Waals surface area contributed by atoms with E-state index < -0.39 is 16.3 Å². The number of non-ortho nitro benzene ring substituents is 1. The van der Waals surface area contributed by atoms with Crippen molar-refractivity contribution in [1.29, 1.82) is 0 Å². The summed E-state index contributed by atoms with van der Waals surface area (Å²) in [6.07, 6.45) is 1.78. The van der Waals surface area contributed by atoms with Crippen LogP contribution < -0.4 is 5.73 Å². The van der Waals surface area contributed by atoms with Gasteiger partial charge in [-0.25, -0.2) is 9.38 Å². The van der Waals surface area contributed by atoms with Crippen LogP contribution >= 0.6 is 11.8 Å². The summed E-state index contributed by atoms with van der Waals surface area (Å²) < 4.78 is 14.4. The highest BCUT2D eigenvalue weighted by molar-refractivity contribution is 8.21. The molecule has 2 N–H and O–H groups in total. The topological polar surface area (TPSA) is 81.5 Å². The molecular formula is C17H14FN3O2S. The molecule has 1 unspecified atom stereocenters. The molecule has 0 spiro atoms. The number of nitro benzene ring substituents is 1. The number of nitrogens with zero attached hydrogens (tertiary/aromatic N) is 2. The van der Waals surface area contributed by atoms with Crippen molar-refractivity contribution in [3.63, 3.8) is 0 Å². The maximum absolute atomic E-state index is 14.4. The van der Waals surface area contributed by atoms with Crippen molar-refractivity contribution < 1.29 is 9.31 Å². The fourth-order valence-corrected chi connectivity index (χ4v) is 3.58. The summed E-state index contributed by atoms with van der Waals surface area (Å²) in [5.41, 5.74) is 5.69. The summed E-state index contributed by atoms with van der Waals surface area (Å²) in [4.78, 5) is 15.6. The lowest BCUT2D eigenvalue weighted by Crippen LogP contribution is -2.26. The minimum absolute atomic E-state index is 0.119. The lowest BCUT2D eigenvalue weighted by atomic mass is 9.90. The third kappa shape index (κ3) is 3.03. The van der Waals surface area contributed by atoms with E-state index in [4.69, 9.17) is 5.73 Å². The lowest BCUT2D eigenvalue weighted by molar-refractivity contribution is -0.385. The Morgan fingerprint density at radius 1 is 1.25 bits per heavy atom. The van der Waals surface area contributed by atoms with Gasteiger partial charge in [0.15, 0.2) is 5.17 Å². The molecule has 0 radical (unpaired) electrons. The first kappa shape index (κ1) is 16.2. The van der Waals surface area contributed by atoms with E-state index in [1.165, 1.54) is 17.8 Å². The van der Waals surface area contributed by atoms with Crippen LogP contribution in [0.25, 0.3) is 4.91 Å². The monoisotopic (exact) mass is 343 g/mol. The Kier molecular flexibility index (Phi) is 4.11. The van der Waals surface area contributed by atoms with Gasteiger partial charge in [-0.2, -0.15) is 0 Å². The van der Waals surface area contributed by atoms with Crippen molar-refractivity contribution in [2.75, 3.05) is 0 Å². The highest BCUT2D eigenvalue weighted by atomic mass is 32.2. The first-order valence-corrected chi connectivity index (χ1v) is 7.96. The van der Waals surface area contributed by atoms with Gasteiger partial charge in [-0.1, -0.05) is 42.1 Å². The molecule has 0 amide bonds. The molecule has 0 saturated heterocycles. The molecule has 1 atom stereocenters. The number of nitrogens with two attached hydrogens (primary N) is 1. The molecule has 0 fully saturated rings. The second-order valence-electron chi connectivity index (χ2n) is 5.50. The van der Waals surface area contributed by atoms with Gasteiger partial charge in [-0.3, -0.25) is 10.1 Å². The third-order valence-corrected chi connectivity index (χ3v) is 4.61. The third-order valence-electron chi connectivity index (χ3n) is 3.73. The number of amidine groups is 1. The first-order chi connectivity index (χ1) is 11.4. The summed E-state index contributed by atoms with van der Waals surface area (Å²) in [5.74, 6) is -0.560. The van der Waals surface area contributed by atoms with Gasteiger partial charge >= 0.3 is 0 Å². The van der Waals surface area contributed by atoms with Gasteiger partial charge in [0.1, 0.15) is 11.4 Å². The predicted octanol–water partition coefficient (Wildman–Crippen LogP) is 4.05. The minimum atomic E-state index is -1.11. The Labute approximate surface area is 142 Å². The van der Waals surface area contributed by atoms with Crippen molar-refractivity contribution in [2.24, 2.45) is 10.7 Å². The predicted molar refractivity (Wildman–Crippen MR) is 94.0 cm³/mol. The molecule has 0 aliphatic carbocycles. The van der Waals surface area contributed by atoms with Crippen molar-refractivity contribution in [3.05, 3.63) is 81.7 Å². The summed E-state index contributed by atoms with van der Waals surface area (Å²) in [6.45, 7) is 1.69. The van der Waals surface area contributed by atoms with Gasteiger partial charge in [0.2, 0.25) is 0 Å². The van der Waals surface area contributed by atoms with Gasteiger partial charge in [0.25, 0.3) is 5.69 Å². The van der Waals surface area contributed by atoms with Crippen LogP contribution in [0.1, 0.15) is 18.1 Å². The van der Waals surface area contributed by atoms with Gasteiger partial charge < -0.3 is 5.73 Å². The normalized spacial score (nSPS) is 20.2. The van der Waals surface area contributed by atoms with Crippen LogP contribution in [0, 0.1) is 15.9 Å². The zero-order valence-electron chi connectivity index (χ0n) is 12.8. The molecule has 0 saturated carbocycles. The van der Waals surface area contributed by atoms with Crippen LogP contribution in [0.5, 0.6) is 0 Å². The number of hydrogen-bond acceptors (Lipinski definition) is 5. The van der Waals surface area contributed by atoms with Gasteiger partial charge in [-0.15, -0.1) is 0 Å². The Bertz CT molecular complexity index is 867. The van der Waals surface area contributed by atoms with E-state index in [0.717, 1.165) is 22.6 Å². The van der Waals surface area contributed by atoms with Crippen molar-refractivity contribution in [1.82, 2.24) is 0 Å². The average Bonchev–Trinajstić information content (AvgIpc) is 2.55. The number of benzene rings is 2. The van der Waals surface area contributed by atoms with E-state index in [0.29, 0.717) is 0 Å². The van der Waals surface area contributed by atoms with Crippen LogP contribution in [0.2, 0.25) is 0 Å². The lowest BCUT2D eigenvalue weighted by Gasteiger charge is -2.28. The number of rotatable bonds is 3. The fourth-order valence-electron chi connectivity index (χ4n) is 2.58. The number of thioether (sulfide) groups is 1. The number of aliphatic imine (C=N–C) groups is 1. The van der Waals surface area contributed by atoms with E-state index in [1.54, 1.807) is 13.0 Å². The SMILES string of the molecule is CC1(c2cc([N+](=O)[O-])ccc2F)C=C(c2ccccc2)SC(N)=N1. The summed E-state index contributed by atoms with van der Waals surface area (Å²) in [6, 6.07) is 12.9. The highest BCUT2D eigenvalue weighted by Gasteiger charge is 2.33. The average molecular weight is 343 g/mol. The van der Waals surface area contributed by atoms with E-state index in [2.05, 4.69) is 4.99 Å². The Hall–Kier alpha value is -2.67. The van der Waals surface area contributed by atoms with Crippen molar-refractivity contribution in [2.45, 2.75) is 12.5 Å². The molecule has 0 aromatic heterocycles. The highest BCUT2D eigenvalue weighted by Crippen LogP contribution is 2.42. The molecule has 1 heterocycles. The molecule has 0 bridgehead atoms. The van der Waals surface area contributed by atoms with Crippen LogP contribution in [-0.4, -0.2) is 10.1 Å². The Morgan fingerprint density at radius 2 is 1.96 bits per heavy atom. The molecule has 3 rings (SSSR count). The number of halogens is 1. The van der Waals surface area contributed by atoms with E-state index >= 15 is 0 Å². The van der Waals surface area contributed by atoms with Crippen LogP contribution in [0.3, 0.4) is 0 Å².